The molecule has 0 aromatic rings. The lowest BCUT2D eigenvalue weighted by molar-refractivity contribution is -0.160. The third kappa shape index (κ3) is 1.89. The van der Waals surface area contributed by atoms with Crippen LogP contribution in [0.4, 0.5) is 13.2 Å². The van der Waals surface area contributed by atoms with Gasteiger partial charge >= 0.3 is 6.18 Å². The summed E-state index contributed by atoms with van der Waals surface area (Å²) in [7, 11) is 0. The van der Waals surface area contributed by atoms with Crippen molar-refractivity contribution >= 4 is 11.9 Å². The van der Waals surface area contributed by atoms with Crippen LogP contribution in [-0.4, -0.2) is 29.2 Å². The summed E-state index contributed by atoms with van der Waals surface area (Å²) in [6.45, 7) is 1.08. The van der Waals surface area contributed by atoms with Crippen LogP contribution in [0.5, 0.6) is 0 Å². The molecule has 1 unspecified atom stereocenters. The van der Waals surface area contributed by atoms with Crippen molar-refractivity contribution in [1.82, 2.24) is 10.4 Å². The Morgan fingerprint density at radius 3 is 2.46 bits per heavy atom. The number of nitrogens with two attached hydrogens (primary N) is 1. The predicted molar refractivity (Wildman–Crippen MR) is 37.1 cm³/mol. The molecule has 0 saturated heterocycles. The molecular formula is C5H7F3N4O. The highest BCUT2D eigenvalue weighted by Gasteiger charge is 2.45. The molecule has 0 aromatic carbocycles. The van der Waals surface area contributed by atoms with Crippen molar-refractivity contribution in [3.05, 3.63) is 0 Å². The number of nitrogens with one attached hydrogen (secondary N) is 1. The molecule has 3 N–H and O–H groups in total. The van der Waals surface area contributed by atoms with Crippen LogP contribution in [0.1, 0.15) is 6.92 Å². The van der Waals surface area contributed by atoms with Gasteiger partial charge in [0.05, 0.1) is 0 Å². The molecule has 13 heavy (non-hydrogen) atoms. The highest BCUT2D eigenvalue weighted by atomic mass is 19.4. The number of carbonyl (C=O) groups is 1. The molecule has 1 aliphatic rings. The second-order valence-corrected chi connectivity index (χ2v) is 2.41. The first-order valence-electron chi connectivity index (χ1n) is 3.29. The molecule has 1 heterocycles. The van der Waals surface area contributed by atoms with Gasteiger partial charge in [-0.05, 0) is 0 Å². The van der Waals surface area contributed by atoms with E-state index in [0.29, 0.717) is 5.01 Å². The molecule has 0 bridgehead atoms. The molecule has 1 aliphatic heterocycles. The second kappa shape index (κ2) is 2.87. The normalized spacial score (nSPS) is 23.2. The lowest BCUT2D eigenvalue weighted by Crippen LogP contribution is -2.49. The SMILES string of the molecule is CC(=O)N1NC(C(F)(F)F)N=C1N. The van der Waals surface area contributed by atoms with Gasteiger partial charge in [-0.2, -0.15) is 18.6 Å². The summed E-state index contributed by atoms with van der Waals surface area (Å²) >= 11 is 0. The van der Waals surface area contributed by atoms with Crippen LogP contribution in [0.15, 0.2) is 4.99 Å². The van der Waals surface area contributed by atoms with E-state index in [2.05, 4.69) is 4.99 Å². The van der Waals surface area contributed by atoms with Crippen LogP contribution in [-0.2, 0) is 4.79 Å². The number of halogens is 3. The molecule has 0 aromatic heterocycles. The lowest BCUT2D eigenvalue weighted by atomic mass is 10.5. The third-order valence-electron chi connectivity index (χ3n) is 1.37. The van der Waals surface area contributed by atoms with Gasteiger partial charge in [-0.25, -0.2) is 10.0 Å². The Labute approximate surface area is 71.4 Å². The summed E-state index contributed by atoms with van der Waals surface area (Å²) < 4.78 is 36.0. The van der Waals surface area contributed by atoms with Gasteiger partial charge in [-0.15, -0.1) is 0 Å². The van der Waals surface area contributed by atoms with Crippen LogP contribution < -0.4 is 11.2 Å². The average Bonchev–Trinajstić information content (AvgIpc) is 2.29. The molecule has 1 rings (SSSR count). The summed E-state index contributed by atoms with van der Waals surface area (Å²) in [4.78, 5) is 13.7. The number of alkyl halides is 3. The topological polar surface area (TPSA) is 70.7 Å². The molecule has 0 fully saturated rings. The minimum Gasteiger partial charge on any atom is -0.368 e. The van der Waals surface area contributed by atoms with Crippen molar-refractivity contribution in [2.75, 3.05) is 0 Å². The van der Waals surface area contributed by atoms with Crippen LogP contribution in [0.25, 0.3) is 0 Å². The van der Waals surface area contributed by atoms with E-state index in [9.17, 15) is 18.0 Å². The molecule has 0 saturated carbocycles. The Kier molecular flexibility index (Phi) is 2.16. The fourth-order valence-electron chi connectivity index (χ4n) is 0.806. The highest BCUT2D eigenvalue weighted by molar-refractivity contribution is 5.95. The largest absolute Gasteiger partial charge is 0.425 e. The molecule has 0 radical (unpaired) electrons. The molecule has 1 amide bonds. The predicted octanol–water partition coefficient (Wildman–Crippen LogP) is -0.444. The average molecular weight is 196 g/mol. The smallest absolute Gasteiger partial charge is 0.368 e. The Balaban J connectivity index is 2.77. The summed E-state index contributed by atoms with van der Waals surface area (Å²) in [6, 6.07) is 0. The van der Waals surface area contributed by atoms with Gasteiger partial charge < -0.3 is 5.73 Å². The Morgan fingerprint density at radius 1 is 1.69 bits per heavy atom. The van der Waals surface area contributed by atoms with Crippen LogP contribution in [0, 0.1) is 0 Å². The standard InChI is InChI=1S/C5H7F3N4O/c1-2(13)12-4(9)10-3(11-12)5(6,7)8/h3,11H,1H3,(H2,9,10). The van der Waals surface area contributed by atoms with Gasteiger partial charge in [0, 0.05) is 6.92 Å². The van der Waals surface area contributed by atoms with E-state index in [1.807, 2.05) is 5.43 Å². The van der Waals surface area contributed by atoms with E-state index in [4.69, 9.17) is 5.73 Å². The van der Waals surface area contributed by atoms with Crippen LogP contribution >= 0.6 is 0 Å². The number of hydrazine groups is 1. The number of carbonyl (C=O) groups excluding carboxylic acids is 1. The van der Waals surface area contributed by atoms with Gasteiger partial charge in [0.2, 0.25) is 18.0 Å². The molecule has 0 spiro atoms. The van der Waals surface area contributed by atoms with E-state index in [0.717, 1.165) is 6.92 Å². The molecule has 74 valence electrons. The monoisotopic (exact) mass is 196 g/mol. The first-order valence-corrected chi connectivity index (χ1v) is 3.29. The first kappa shape index (κ1) is 9.78. The Bertz CT molecular complexity index is 261. The van der Waals surface area contributed by atoms with Crippen molar-refractivity contribution in [2.45, 2.75) is 19.3 Å². The Morgan fingerprint density at radius 2 is 2.23 bits per heavy atom. The van der Waals surface area contributed by atoms with Crippen molar-refractivity contribution in [2.24, 2.45) is 10.7 Å². The number of amides is 1. The zero-order chi connectivity index (χ0) is 10.2. The minimum absolute atomic E-state index is 0.477. The maximum absolute atomic E-state index is 12.0. The van der Waals surface area contributed by atoms with E-state index in [-0.39, 0.29) is 0 Å². The fourth-order valence-corrected chi connectivity index (χ4v) is 0.806. The van der Waals surface area contributed by atoms with Gasteiger partial charge in [-0.3, -0.25) is 4.79 Å². The van der Waals surface area contributed by atoms with Crippen LogP contribution in [0.3, 0.4) is 0 Å². The third-order valence-corrected chi connectivity index (χ3v) is 1.37. The molecule has 0 aliphatic carbocycles. The zero-order valence-corrected chi connectivity index (χ0v) is 6.59. The molecular weight excluding hydrogens is 189 g/mol. The minimum atomic E-state index is -4.55. The van der Waals surface area contributed by atoms with Gasteiger partial charge in [-0.1, -0.05) is 0 Å². The molecule has 1 atom stereocenters. The van der Waals surface area contributed by atoms with Gasteiger partial charge in [0.1, 0.15) is 0 Å². The quantitative estimate of drug-likeness (QED) is 0.551. The fraction of sp³-hybridized carbons (Fsp3) is 0.600. The van der Waals surface area contributed by atoms with E-state index in [1.165, 1.54) is 0 Å². The summed E-state index contributed by atoms with van der Waals surface area (Å²) in [5.74, 6) is -1.12. The van der Waals surface area contributed by atoms with E-state index >= 15 is 0 Å². The number of nitrogens with zero attached hydrogens (tertiary/aromatic N) is 2. The maximum atomic E-state index is 12.0. The molecule has 8 heteroatoms. The number of rotatable bonds is 0. The number of hydrogen-bond donors (Lipinski definition) is 2. The summed E-state index contributed by atoms with van der Waals surface area (Å²) in [6.07, 6.45) is -6.68. The van der Waals surface area contributed by atoms with Gasteiger partial charge in [0.25, 0.3) is 0 Å². The maximum Gasteiger partial charge on any atom is 0.425 e. The van der Waals surface area contributed by atoms with Crippen molar-refractivity contribution < 1.29 is 18.0 Å². The number of guanidine groups is 1. The zero-order valence-electron chi connectivity index (χ0n) is 6.59. The van der Waals surface area contributed by atoms with Crippen molar-refractivity contribution in [3.63, 3.8) is 0 Å². The van der Waals surface area contributed by atoms with Gasteiger partial charge in [0.15, 0.2) is 0 Å². The van der Waals surface area contributed by atoms with Crippen molar-refractivity contribution in [1.29, 1.82) is 0 Å². The van der Waals surface area contributed by atoms with E-state index in [1.54, 1.807) is 0 Å². The van der Waals surface area contributed by atoms with Crippen LogP contribution in [0.2, 0.25) is 0 Å². The number of hydrogen-bond acceptors (Lipinski definition) is 4. The second-order valence-electron chi connectivity index (χ2n) is 2.41. The lowest BCUT2D eigenvalue weighted by Gasteiger charge is -2.16. The summed E-state index contributed by atoms with van der Waals surface area (Å²) in [5.41, 5.74) is 6.87. The Hall–Kier alpha value is -1.31. The highest BCUT2D eigenvalue weighted by Crippen LogP contribution is 2.23. The molecule has 5 nitrogen and oxygen atoms in total. The first-order chi connectivity index (χ1) is 5.82. The number of aliphatic imine (C=N–C) groups is 1. The van der Waals surface area contributed by atoms with E-state index < -0.39 is 24.2 Å². The summed E-state index contributed by atoms with van der Waals surface area (Å²) in [5, 5.41) is 0.554. The van der Waals surface area contributed by atoms with Crippen molar-refractivity contribution in [3.8, 4) is 0 Å².